The Morgan fingerprint density at radius 3 is 2.79 bits per heavy atom. The van der Waals surface area contributed by atoms with Crippen LogP contribution >= 0.6 is 0 Å². The van der Waals surface area contributed by atoms with Crippen molar-refractivity contribution in [2.24, 2.45) is 11.7 Å². The second-order valence-electron chi connectivity index (χ2n) is 8.00. The van der Waals surface area contributed by atoms with Crippen molar-refractivity contribution in [2.45, 2.75) is 76.7 Å². The Balaban J connectivity index is 1.68. The summed E-state index contributed by atoms with van der Waals surface area (Å²) in [6.07, 6.45) is 11.3. The number of hydrogen-bond acceptors (Lipinski definition) is 5. The number of furan rings is 1. The van der Waals surface area contributed by atoms with Crippen molar-refractivity contribution < 1.29 is 23.8 Å². The fourth-order valence-corrected chi connectivity index (χ4v) is 3.46. The lowest BCUT2D eigenvalue weighted by Crippen LogP contribution is -2.43. The van der Waals surface area contributed by atoms with Crippen LogP contribution in [0.1, 0.15) is 76.2 Å². The topological polar surface area (TPSA) is 103 Å². The quantitative estimate of drug-likeness (QED) is 0.304. The molecular formula is C22H31NO5. The van der Waals surface area contributed by atoms with Crippen LogP contribution in [0, 0.1) is 17.8 Å². The summed E-state index contributed by atoms with van der Waals surface area (Å²) in [5.41, 5.74) is 5.22. The van der Waals surface area contributed by atoms with Gasteiger partial charge in [0.15, 0.2) is 5.76 Å². The first-order valence-corrected chi connectivity index (χ1v) is 10.1. The van der Waals surface area contributed by atoms with Gasteiger partial charge in [-0.3, -0.25) is 0 Å². The van der Waals surface area contributed by atoms with Crippen LogP contribution in [0.4, 0.5) is 0 Å². The molecule has 6 nitrogen and oxygen atoms in total. The molecule has 0 radical (unpaired) electrons. The van der Waals surface area contributed by atoms with Crippen molar-refractivity contribution in [3.8, 4) is 11.8 Å². The Hall–Kier alpha value is -2.26. The highest BCUT2D eigenvalue weighted by Gasteiger charge is 2.23. The van der Waals surface area contributed by atoms with E-state index >= 15 is 0 Å². The highest BCUT2D eigenvalue weighted by Crippen LogP contribution is 2.27. The van der Waals surface area contributed by atoms with Gasteiger partial charge in [0.1, 0.15) is 12.4 Å². The Labute approximate surface area is 166 Å². The van der Waals surface area contributed by atoms with E-state index < -0.39 is 17.5 Å². The number of esters is 1. The minimum absolute atomic E-state index is 0.160. The summed E-state index contributed by atoms with van der Waals surface area (Å²) in [6.45, 7) is 1.55. The van der Waals surface area contributed by atoms with Crippen LogP contribution in [0.15, 0.2) is 16.5 Å². The zero-order chi connectivity index (χ0) is 20.4. The van der Waals surface area contributed by atoms with E-state index in [1.807, 2.05) is 12.1 Å². The van der Waals surface area contributed by atoms with E-state index in [0.29, 0.717) is 18.6 Å². The summed E-state index contributed by atoms with van der Waals surface area (Å²) in [7, 11) is 0. The smallest absolute Gasteiger partial charge is 0.417 e. The average molecular weight is 389 g/mol. The van der Waals surface area contributed by atoms with E-state index in [1.165, 1.54) is 38.5 Å². The zero-order valence-electron chi connectivity index (χ0n) is 16.7. The average Bonchev–Trinajstić information content (AvgIpc) is 3.13. The molecule has 2 rings (SSSR count). The molecule has 1 aliphatic rings. The number of carboxylic acid groups (broad SMARTS) is 1. The third kappa shape index (κ3) is 8.18. The molecule has 0 spiro atoms. The van der Waals surface area contributed by atoms with E-state index in [9.17, 15) is 9.59 Å². The minimum Gasteiger partial charge on any atom is -0.473 e. The number of hydrogen-bond donors (Lipinski definition) is 2. The highest BCUT2D eigenvalue weighted by atomic mass is 16.6. The van der Waals surface area contributed by atoms with Crippen molar-refractivity contribution in [2.75, 3.05) is 6.61 Å². The molecule has 1 aliphatic carbocycles. The van der Waals surface area contributed by atoms with Gasteiger partial charge in [-0.25, -0.2) is 9.59 Å². The molecule has 0 unspecified atom stereocenters. The van der Waals surface area contributed by atoms with Gasteiger partial charge in [0, 0.05) is 18.4 Å². The van der Waals surface area contributed by atoms with Gasteiger partial charge >= 0.3 is 11.9 Å². The molecule has 0 amide bonds. The summed E-state index contributed by atoms with van der Waals surface area (Å²) < 4.78 is 10.4. The number of unbranched alkanes of at least 4 members (excludes halogenated alkanes) is 1. The number of carbonyl (C=O) groups is 2. The first-order chi connectivity index (χ1) is 13.4. The molecule has 1 atom stereocenters. The van der Waals surface area contributed by atoms with E-state index in [0.717, 1.165) is 24.5 Å². The Kier molecular flexibility index (Phi) is 8.59. The van der Waals surface area contributed by atoms with Crippen LogP contribution in [0.2, 0.25) is 0 Å². The number of carboxylic acids is 1. The maximum Gasteiger partial charge on any atom is 0.417 e. The molecule has 28 heavy (non-hydrogen) atoms. The molecular weight excluding hydrogens is 358 g/mol. The van der Waals surface area contributed by atoms with E-state index in [2.05, 4.69) is 16.6 Å². The standard InChI is InChI=1S/C22H31NO5/c1-22(23,16-27-21(26)20(24)25)15-14-19-13-12-18(28-19)11-7-3-6-10-17-8-4-2-5-9-17/h12-13,17H,2-6,8-10,14-16,23H2,1H3,(H,24,25)/t22-/m1/s1. The van der Waals surface area contributed by atoms with Crippen LogP contribution in [0.5, 0.6) is 0 Å². The van der Waals surface area contributed by atoms with Crippen molar-refractivity contribution in [1.29, 1.82) is 0 Å². The Morgan fingerprint density at radius 1 is 1.32 bits per heavy atom. The number of ether oxygens (including phenoxy) is 1. The van der Waals surface area contributed by atoms with Crippen molar-refractivity contribution in [3.63, 3.8) is 0 Å². The van der Waals surface area contributed by atoms with Gasteiger partial charge in [0.05, 0.1) is 0 Å². The fourth-order valence-electron chi connectivity index (χ4n) is 3.46. The summed E-state index contributed by atoms with van der Waals surface area (Å²) >= 11 is 0. The van der Waals surface area contributed by atoms with Crippen molar-refractivity contribution >= 4 is 11.9 Å². The van der Waals surface area contributed by atoms with Crippen LogP contribution in [0.3, 0.4) is 0 Å². The number of aliphatic carboxylic acids is 1. The van der Waals surface area contributed by atoms with E-state index in [4.69, 9.17) is 15.3 Å². The Bertz CT molecular complexity index is 704. The first-order valence-electron chi connectivity index (χ1n) is 10.1. The van der Waals surface area contributed by atoms with Crippen LogP contribution in [0.25, 0.3) is 0 Å². The third-order valence-corrected chi connectivity index (χ3v) is 5.16. The van der Waals surface area contributed by atoms with Gasteiger partial charge < -0.3 is 20.0 Å². The van der Waals surface area contributed by atoms with E-state index in [1.54, 1.807) is 6.92 Å². The molecule has 1 aromatic rings. The molecule has 6 heteroatoms. The molecule has 0 aliphatic heterocycles. The van der Waals surface area contributed by atoms with Crippen LogP contribution < -0.4 is 5.73 Å². The predicted molar refractivity (Wildman–Crippen MR) is 106 cm³/mol. The fraction of sp³-hybridized carbons (Fsp3) is 0.636. The van der Waals surface area contributed by atoms with Gasteiger partial charge in [-0.1, -0.05) is 38.0 Å². The summed E-state index contributed by atoms with van der Waals surface area (Å²) in [4.78, 5) is 21.5. The highest BCUT2D eigenvalue weighted by molar-refractivity contribution is 6.28. The first kappa shape index (κ1) is 22.0. The summed E-state index contributed by atoms with van der Waals surface area (Å²) in [5.74, 6) is 5.64. The number of rotatable bonds is 8. The predicted octanol–water partition coefficient (Wildman–Crippen LogP) is 3.66. The molecule has 0 bridgehead atoms. The molecule has 0 aromatic carbocycles. The Morgan fingerprint density at radius 2 is 2.07 bits per heavy atom. The number of nitrogens with two attached hydrogens (primary N) is 1. The van der Waals surface area contributed by atoms with Gasteiger partial charge in [0.2, 0.25) is 0 Å². The molecule has 0 saturated heterocycles. The van der Waals surface area contributed by atoms with Crippen LogP contribution in [-0.4, -0.2) is 29.2 Å². The summed E-state index contributed by atoms with van der Waals surface area (Å²) in [6, 6.07) is 3.72. The minimum atomic E-state index is -1.62. The number of aryl methyl sites for hydroxylation is 1. The van der Waals surface area contributed by atoms with Gasteiger partial charge in [-0.05, 0) is 50.2 Å². The maximum absolute atomic E-state index is 11.0. The molecule has 1 heterocycles. The lowest BCUT2D eigenvalue weighted by Gasteiger charge is -2.23. The van der Waals surface area contributed by atoms with Crippen LogP contribution in [-0.2, 0) is 20.7 Å². The summed E-state index contributed by atoms with van der Waals surface area (Å²) in [5, 5.41) is 8.52. The van der Waals surface area contributed by atoms with Gasteiger partial charge in [-0.2, -0.15) is 0 Å². The number of carbonyl (C=O) groups excluding carboxylic acids is 1. The van der Waals surface area contributed by atoms with Crippen molar-refractivity contribution in [1.82, 2.24) is 0 Å². The largest absolute Gasteiger partial charge is 0.473 e. The monoisotopic (exact) mass is 389 g/mol. The zero-order valence-corrected chi connectivity index (χ0v) is 16.7. The molecule has 1 aromatic heterocycles. The second-order valence-corrected chi connectivity index (χ2v) is 8.00. The van der Waals surface area contributed by atoms with Crippen molar-refractivity contribution in [3.05, 3.63) is 23.7 Å². The lowest BCUT2D eigenvalue weighted by atomic mass is 9.86. The maximum atomic E-state index is 11.0. The third-order valence-electron chi connectivity index (χ3n) is 5.16. The molecule has 154 valence electrons. The molecule has 3 N–H and O–H groups in total. The second kappa shape index (κ2) is 10.9. The lowest BCUT2D eigenvalue weighted by molar-refractivity contribution is -0.164. The normalized spacial score (nSPS) is 16.6. The molecule has 1 fully saturated rings. The molecule has 1 saturated carbocycles. The SMILES string of the molecule is C[C@@](N)(CCc1ccc(C#CCCCC2CCCCC2)o1)COC(=O)C(=O)O. The van der Waals surface area contributed by atoms with Gasteiger partial charge in [-0.15, -0.1) is 0 Å². The van der Waals surface area contributed by atoms with Gasteiger partial charge in [0.25, 0.3) is 0 Å². The van der Waals surface area contributed by atoms with E-state index in [-0.39, 0.29) is 6.61 Å².